The van der Waals surface area contributed by atoms with Crippen molar-refractivity contribution in [3.05, 3.63) is 24.2 Å². The number of hydrazine groups is 1. The summed E-state index contributed by atoms with van der Waals surface area (Å²) in [5.41, 5.74) is 2.34. The van der Waals surface area contributed by atoms with Gasteiger partial charge in [-0.15, -0.1) is 0 Å². The van der Waals surface area contributed by atoms with Crippen LogP contribution in [0, 0.1) is 11.8 Å². The van der Waals surface area contributed by atoms with Gasteiger partial charge in [0.05, 0.1) is 18.1 Å². The minimum Gasteiger partial charge on any atom is -0.459 e. The van der Waals surface area contributed by atoms with Crippen LogP contribution in [0.25, 0.3) is 0 Å². The number of amides is 3. The lowest BCUT2D eigenvalue weighted by Crippen LogP contribution is -2.46. The largest absolute Gasteiger partial charge is 0.459 e. The molecule has 1 saturated carbocycles. The van der Waals surface area contributed by atoms with E-state index in [0.717, 1.165) is 30.7 Å². The van der Waals surface area contributed by atoms with Crippen LogP contribution in [0.2, 0.25) is 0 Å². The summed E-state index contributed by atoms with van der Waals surface area (Å²) in [7, 11) is 0. The first-order valence-electron chi connectivity index (χ1n) is 6.41. The second-order valence-electron chi connectivity index (χ2n) is 4.93. The van der Waals surface area contributed by atoms with Crippen molar-refractivity contribution < 1.29 is 18.8 Å². The first-order chi connectivity index (χ1) is 9.18. The van der Waals surface area contributed by atoms with E-state index in [-0.39, 0.29) is 29.4 Å². The van der Waals surface area contributed by atoms with E-state index in [0.29, 0.717) is 0 Å². The van der Waals surface area contributed by atoms with Gasteiger partial charge in [0, 0.05) is 0 Å². The van der Waals surface area contributed by atoms with Crippen LogP contribution in [-0.4, -0.2) is 22.7 Å². The molecule has 1 aliphatic carbocycles. The number of nitrogens with zero attached hydrogens (tertiary/aromatic N) is 1. The predicted molar refractivity (Wildman–Crippen MR) is 63.5 cm³/mol. The van der Waals surface area contributed by atoms with Gasteiger partial charge in [0.2, 0.25) is 0 Å². The second-order valence-corrected chi connectivity index (χ2v) is 4.93. The third-order valence-corrected chi connectivity index (χ3v) is 3.80. The molecule has 2 atom stereocenters. The summed E-state index contributed by atoms with van der Waals surface area (Å²) in [6.07, 6.45) is 4.73. The highest BCUT2D eigenvalue weighted by molar-refractivity contribution is 6.07. The summed E-state index contributed by atoms with van der Waals surface area (Å²) in [6.45, 7) is 0. The zero-order chi connectivity index (χ0) is 13.4. The van der Waals surface area contributed by atoms with Crippen molar-refractivity contribution in [2.24, 2.45) is 11.8 Å². The van der Waals surface area contributed by atoms with E-state index in [4.69, 9.17) is 4.42 Å². The molecule has 3 amide bonds. The third-order valence-electron chi connectivity index (χ3n) is 3.80. The summed E-state index contributed by atoms with van der Waals surface area (Å²) in [5.74, 6) is -1.62. The van der Waals surface area contributed by atoms with Crippen LogP contribution in [0.1, 0.15) is 36.2 Å². The number of fused-ring (bicyclic) bond motifs is 1. The number of carbonyl (C=O) groups excluding carboxylic acids is 3. The number of rotatable bonds is 2. The van der Waals surface area contributed by atoms with E-state index in [1.807, 2.05) is 0 Å². The number of hydrogen-bond acceptors (Lipinski definition) is 4. The van der Waals surface area contributed by atoms with E-state index in [1.165, 1.54) is 12.3 Å². The lowest BCUT2D eigenvalue weighted by Gasteiger charge is -2.19. The smallest absolute Gasteiger partial charge is 0.305 e. The summed E-state index contributed by atoms with van der Waals surface area (Å²) < 4.78 is 4.93. The molecule has 19 heavy (non-hydrogen) atoms. The number of carbonyl (C=O) groups is 3. The molecular formula is C13H14N2O4. The quantitative estimate of drug-likeness (QED) is 0.809. The van der Waals surface area contributed by atoms with Gasteiger partial charge in [0.25, 0.3) is 11.8 Å². The topological polar surface area (TPSA) is 79.6 Å². The maximum atomic E-state index is 12.1. The van der Waals surface area contributed by atoms with Crippen molar-refractivity contribution in [2.75, 3.05) is 0 Å². The first kappa shape index (κ1) is 12.0. The van der Waals surface area contributed by atoms with Gasteiger partial charge >= 0.3 is 5.91 Å². The fourth-order valence-corrected chi connectivity index (χ4v) is 2.84. The van der Waals surface area contributed by atoms with Crippen LogP contribution in [0.3, 0.4) is 0 Å². The van der Waals surface area contributed by atoms with Crippen molar-refractivity contribution in [3.8, 4) is 0 Å². The summed E-state index contributed by atoms with van der Waals surface area (Å²) >= 11 is 0. The number of imide groups is 1. The molecule has 0 bridgehead atoms. The maximum Gasteiger partial charge on any atom is 0.305 e. The van der Waals surface area contributed by atoms with Gasteiger partial charge in [-0.05, 0) is 25.0 Å². The minimum atomic E-state index is -0.578. The normalized spacial score (nSPS) is 26.4. The predicted octanol–water partition coefficient (Wildman–Crippen LogP) is 1.10. The monoisotopic (exact) mass is 262 g/mol. The third kappa shape index (κ3) is 1.93. The molecule has 1 aromatic heterocycles. The molecule has 100 valence electrons. The first-order valence-corrected chi connectivity index (χ1v) is 6.41. The van der Waals surface area contributed by atoms with E-state index in [2.05, 4.69) is 5.43 Å². The Balaban J connectivity index is 1.76. The molecule has 0 spiro atoms. The Bertz CT molecular complexity index is 499. The molecule has 0 radical (unpaired) electrons. The lowest BCUT2D eigenvalue weighted by atomic mass is 9.81. The van der Waals surface area contributed by atoms with Crippen LogP contribution >= 0.6 is 0 Å². The van der Waals surface area contributed by atoms with Crippen LogP contribution in [0.5, 0.6) is 0 Å². The lowest BCUT2D eigenvalue weighted by molar-refractivity contribution is -0.142. The van der Waals surface area contributed by atoms with Gasteiger partial charge in [-0.2, -0.15) is 5.01 Å². The van der Waals surface area contributed by atoms with Crippen molar-refractivity contribution >= 4 is 17.7 Å². The van der Waals surface area contributed by atoms with E-state index >= 15 is 0 Å². The molecule has 0 aromatic carbocycles. The average molecular weight is 262 g/mol. The summed E-state index contributed by atoms with van der Waals surface area (Å²) in [4.78, 5) is 36.0. The molecule has 1 aromatic rings. The van der Waals surface area contributed by atoms with Gasteiger partial charge in [0.1, 0.15) is 0 Å². The van der Waals surface area contributed by atoms with Crippen molar-refractivity contribution in [1.82, 2.24) is 10.4 Å². The summed E-state index contributed by atoms with van der Waals surface area (Å²) in [6, 6.07) is 3.05. The standard InChI is InChI=1S/C13H14N2O4/c16-11(10-6-3-7-19-10)14-15-12(17)8-4-1-2-5-9(8)13(15)18/h3,6-9H,1-2,4-5H2,(H,14,16)/t8-,9-/m0/s1. The number of nitrogens with one attached hydrogen (secondary N) is 1. The molecular weight excluding hydrogens is 248 g/mol. The van der Waals surface area contributed by atoms with E-state index in [1.54, 1.807) is 6.07 Å². The maximum absolute atomic E-state index is 12.1. The van der Waals surface area contributed by atoms with Crippen LogP contribution in [0.4, 0.5) is 0 Å². The summed E-state index contributed by atoms with van der Waals surface area (Å²) in [5, 5.41) is 0.867. The Morgan fingerprint density at radius 1 is 1.21 bits per heavy atom. The Kier molecular flexibility index (Phi) is 2.85. The number of hydrogen-bond donors (Lipinski definition) is 1. The van der Waals surface area contributed by atoms with Gasteiger partial charge in [-0.25, -0.2) is 0 Å². The molecule has 1 saturated heterocycles. The zero-order valence-electron chi connectivity index (χ0n) is 10.3. The highest BCUT2D eigenvalue weighted by atomic mass is 16.3. The van der Waals surface area contributed by atoms with Crippen molar-refractivity contribution in [2.45, 2.75) is 25.7 Å². The van der Waals surface area contributed by atoms with Crippen molar-refractivity contribution in [1.29, 1.82) is 0 Å². The van der Waals surface area contributed by atoms with Crippen LogP contribution < -0.4 is 5.43 Å². The fraction of sp³-hybridized carbons (Fsp3) is 0.462. The van der Waals surface area contributed by atoms with Gasteiger partial charge in [-0.3, -0.25) is 19.8 Å². The SMILES string of the molecule is O=C(NN1C(=O)[C@H]2CCCC[C@@H]2C1=O)c1ccco1. The van der Waals surface area contributed by atoms with Gasteiger partial charge in [0.15, 0.2) is 5.76 Å². The van der Waals surface area contributed by atoms with Crippen LogP contribution in [0.15, 0.2) is 22.8 Å². The zero-order valence-corrected chi connectivity index (χ0v) is 10.3. The number of furan rings is 1. The highest BCUT2D eigenvalue weighted by Crippen LogP contribution is 2.37. The molecule has 3 rings (SSSR count). The molecule has 2 aliphatic rings. The van der Waals surface area contributed by atoms with Gasteiger partial charge < -0.3 is 4.42 Å². The molecule has 2 fully saturated rings. The van der Waals surface area contributed by atoms with Crippen molar-refractivity contribution in [3.63, 3.8) is 0 Å². The Hall–Kier alpha value is -2.11. The Morgan fingerprint density at radius 3 is 2.37 bits per heavy atom. The highest BCUT2D eigenvalue weighted by Gasteiger charge is 2.49. The van der Waals surface area contributed by atoms with E-state index < -0.39 is 5.91 Å². The molecule has 6 heteroatoms. The Labute approximate surface area is 109 Å². The second kappa shape index (κ2) is 4.53. The van der Waals surface area contributed by atoms with Crippen LogP contribution in [-0.2, 0) is 9.59 Å². The fourth-order valence-electron chi connectivity index (χ4n) is 2.84. The molecule has 1 aliphatic heterocycles. The van der Waals surface area contributed by atoms with E-state index in [9.17, 15) is 14.4 Å². The minimum absolute atomic E-state index is 0.0791. The Morgan fingerprint density at radius 2 is 1.84 bits per heavy atom. The molecule has 0 unspecified atom stereocenters. The molecule has 2 heterocycles. The molecule has 1 N–H and O–H groups in total. The average Bonchev–Trinajstić information content (AvgIpc) is 3.03. The molecule has 6 nitrogen and oxygen atoms in total. The van der Waals surface area contributed by atoms with Gasteiger partial charge in [-0.1, -0.05) is 12.8 Å².